The summed E-state index contributed by atoms with van der Waals surface area (Å²) < 4.78 is 25.0. The Morgan fingerprint density at radius 3 is 2.59 bits per heavy atom. The van der Waals surface area contributed by atoms with Gasteiger partial charge in [-0.05, 0) is 24.3 Å². The molecule has 2 N–H and O–H groups in total. The smallest absolute Gasteiger partial charge is 0.242 e. The molecular weight excluding hydrogens is 324 g/mol. The number of amides is 1. The van der Waals surface area contributed by atoms with E-state index in [9.17, 15) is 13.2 Å². The fourth-order valence-corrected chi connectivity index (χ4v) is 3.35. The number of hydrogen-bond acceptors (Lipinski definition) is 6. The van der Waals surface area contributed by atoms with Gasteiger partial charge in [-0.1, -0.05) is 11.8 Å². The zero-order valence-electron chi connectivity index (χ0n) is 12.4. The Kier molecular flexibility index (Phi) is 5.43. The third-order valence-electron chi connectivity index (χ3n) is 2.90. The van der Waals surface area contributed by atoms with E-state index in [-0.39, 0.29) is 16.6 Å². The maximum absolute atomic E-state index is 11.9. The normalized spacial score (nSPS) is 14.6. The van der Waals surface area contributed by atoms with Crippen LogP contribution in [0.2, 0.25) is 0 Å². The average Bonchev–Trinajstić information content (AvgIpc) is 2.99. The van der Waals surface area contributed by atoms with E-state index in [1.54, 1.807) is 12.1 Å². The van der Waals surface area contributed by atoms with Gasteiger partial charge < -0.3 is 10.6 Å². The van der Waals surface area contributed by atoms with Crippen molar-refractivity contribution in [2.24, 2.45) is 4.99 Å². The number of anilines is 1. The summed E-state index contributed by atoms with van der Waals surface area (Å²) in [6.45, 7) is 1.55. The molecule has 0 fully saturated rings. The van der Waals surface area contributed by atoms with Crippen LogP contribution in [0.1, 0.15) is 0 Å². The molecule has 0 aliphatic carbocycles. The molecule has 2 rings (SSSR count). The molecule has 0 saturated heterocycles. The van der Waals surface area contributed by atoms with Crippen LogP contribution in [0.15, 0.2) is 34.2 Å². The number of nitrogens with one attached hydrogen (secondary N) is 2. The highest BCUT2D eigenvalue weighted by Crippen LogP contribution is 2.17. The Hall–Kier alpha value is -1.58. The summed E-state index contributed by atoms with van der Waals surface area (Å²) in [5, 5.41) is 6.58. The van der Waals surface area contributed by atoms with Gasteiger partial charge in [-0.2, -0.15) is 0 Å². The highest BCUT2D eigenvalue weighted by molar-refractivity contribution is 8.14. The Balaban J connectivity index is 1.92. The predicted octanol–water partition coefficient (Wildman–Crippen LogP) is 0.568. The van der Waals surface area contributed by atoms with Crippen LogP contribution in [0, 0.1) is 0 Å². The summed E-state index contributed by atoms with van der Waals surface area (Å²) in [6.07, 6.45) is 0. The number of carbonyl (C=O) groups is 1. The highest BCUT2D eigenvalue weighted by Gasteiger charge is 2.16. The van der Waals surface area contributed by atoms with Crippen molar-refractivity contribution in [3.63, 3.8) is 0 Å². The number of nitrogens with zero attached hydrogens (tertiary/aromatic N) is 2. The van der Waals surface area contributed by atoms with Gasteiger partial charge in [0.25, 0.3) is 0 Å². The highest BCUT2D eigenvalue weighted by atomic mass is 32.2. The molecule has 1 aromatic carbocycles. The van der Waals surface area contributed by atoms with Gasteiger partial charge in [0.05, 0.1) is 17.2 Å². The Bertz CT molecular complexity index is 669. The summed E-state index contributed by atoms with van der Waals surface area (Å²) in [5.41, 5.74) is 0.560. The first-order valence-corrected chi connectivity index (χ1v) is 9.06. The third-order valence-corrected chi connectivity index (χ3v) is 5.68. The first-order valence-electron chi connectivity index (χ1n) is 6.63. The molecule has 1 aromatic rings. The largest absolute Gasteiger partial charge is 0.363 e. The number of benzene rings is 1. The van der Waals surface area contributed by atoms with Crippen LogP contribution in [0.5, 0.6) is 0 Å². The van der Waals surface area contributed by atoms with Crippen molar-refractivity contribution in [3.8, 4) is 0 Å². The van der Waals surface area contributed by atoms with Gasteiger partial charge in [-0.15, -0.1) is 0 Å². The van der Waals surface area contributed by atoms with Crippen LogP contribution in [-0.2, 0) is 14.8 Å². The van der Waals surface area contributed by atoms with E-state index in [1.807, 2.05) is 0 Å². The van der Waals surface area contributed by atoms with Gasteiger partial charge in [0, 0.05) is 26.3 Å². The van der Waals surface area contributed by atoms with Crippen LogP contribution in [0.4, 0.5) is 5.69 Å². The van der Waals surface area contributed by atoms with E-state index < -0.39 is 10.0 Å². The summed E-state index contributed by atoms with van der Waals surface area (Å²) in [4.78, 5) is 16.2. The zero-order valence-corrected chi connectivity index (χ0v) is 14.0. The summed E-state index contributed by atoms with van der Waals surface area (Å²) in [6, 6.07) is 6.09. The molecule has 0 aromatic heterocycles. The topological polar surface area (TPSA) is 90.9 Å². The Morgan fingerprint density at radius 1 is 1.36 bits per heavy atom. The fourth-order valence-electron chi connectivity index (χ4n) is 1.72. The molecule has 1 amide bonds. The maximum atomic E-state index is 11.9. The molecule has 120 valence electrons. The number of sulfonamides is 1. The molecule has 9 heteroatoms. The number of amidine groups is 1. The number of rotatable bonds is 5. The molecule has 0 atom stereocenters. The molecule has 7 nitrogen and oxygen atoms in total. The molecule has 1 aliphatic heterocycles. The van der Waals surface area contributed by atoms with Gasteiger partial charge in [-0.3, -0.25) is 9.79 Å². The lowest BCUT2D eigenvalue weighted by Crippen LogP contribution is -2.22. The van der Waals surface area contributed by atoms with E-state index in [0.29, 0.717) is 5.69 Å². The SMILES string of the molecule is CN(C)S(=O)(=O)c1ccc(NC(=O)CSC2=NCCN2)cc1. The molecule has 0 unspecified atom stereocenters. The number of hydrogen-bond donors (Lipinski definition) is 2. The van der Waals surface area contributed by atoms with Crippen molar-refractivity contribution in [2.75, 3.05) is 38.3 Å². The molecule has 22 heavy (non-hydrogen) atoms. The van der Waals surface area contributed by atoms with Crippen molar-refractivity contribution in [1.82, 2.24) is 9.62 Å². The van der Waals surface area contributed by atoms with E-state index in [4.69, 9.17) is 0 Å². The van der Waals surface area contributed by atoms with Gasteiger partial charge in [0.15, 0.2) is 5.17 Å². The van der Waals surface area contributed by atoms with Crippen molar-refractivity contribution < 1.29 is 13.2 Å². The molecule has 0 bridgehead atoms. The monoisotopic (exact) mass is 342 g/mol. The van der Waals surface area contributed by atoms with E-state index in [1.165, 1.54) is 38.0 Å². The average molecular weight is 342 g/mol. The second kappa shape index (κ2) is 7.12. The molecule has 1 aliphatic rings. The van der Waals surface area contributed by atoms with Crippen molar-refractivity contribution >= 4 is 38.5 Å². The van der Waals surface area contributed by atoms with Gasteiger partial charge >= 0.3 is 0 Å². The lowest BCUT2D eigenvalue weighted by atomic mass is 10.3. The quantitative estimate of drug-likeness (QED) is 0.816. The minimum atomic E-state index is -3.45. The summed E-state index contributed by atoms with van der Waals surface area (Å²) >= 11 is 1.35. The first kappa shape index (κ1) is 16.8. The first-order chi connectivity index (χ1) is 10.4. The summed E-state index contributed by atoms with van der Waals surface area (Å²) in [7, 11) is -0.502. The van der Waals surface area contributed by atoms with E-state index >= 15 is 0 Å². The van der Waals surface area contributed by atoms with Crippen LogP contribution in [0.25, 0.3) is 0 Å². The summed E-state index contributed by atoms with van der Waals surface area (Å²) in [5.74, 6) is 0.0912. The van der Waals surface area contributed by atoms with Crippen LogP contribution < -0.4 is 10.6 Å². The van der Waals surface area contributed by atoms with Crippen LogP contribution >= 0.6 is 11.8 Å². The molecule has 1 heterocycles. The molecular formula is C13H18N4O3S2. The third kappa shape index (κ3) is 4.21. The van der Waals surface area contributed by atoms with E-state index in [0.717, 1.165) is 22.6 Å². The predicted molar refractivity (Wildman–Crippen MR) is 88.7 cm³/mol. The van der Waals surface area contributed by atoms with Crippen molar-refractivity contribution in [2.45, 2.75) is 4.90 Å². The lowest BCUT2D eigenvalue weighted by molar-refractivity contribution is -0.113. The van der Waals surface area contributed by atoms with E-state index in [2.05, 4.69) is 15.6 Å². The van der Waals surface area contributed by atoms with Gasteiger partial charge in [0.2, 0.25) is 15.9 Å². The lowest BCUT2D eigenvalue weighted by Gasteiger charge is -2.12. The van der Waals surface area contributed by atoms with Crippen LogP contribution in [-0.4, -0.2) is 56.7 Å². The fraction of sp³-hybridized carbons (Fsp3) is 0.385. The van der Waals surface area contributed by atoms with Crippen LogP contribution in [0.3, 0.4) is 0 Å². The minimum Gasteiger partial charge on any atom is -0.363 e. The second-order valence-corrected chi connectivity index (χ2v) is 7.88. The minimum absolute atomic E-state index is 0.162. The maximum Gasteiger partial charge on any atom is 0.242 e. The Labute approximate surface area is 134 Å². The zero-order chi connectivity index (χ0) is 16.2. The van der Waals surface area contributed by atoms with Gasteiger partial charge in [0.1, 0.15) is 0 Å². The number of carbonyl (C=O) groups excluding carboxylic acids is 1. The number of thioether (sulfide) groups is 1. The molecule has 0 saturated carbocycles. The molecule has 0 radical (unpaired) electrons. The van der Waals surface area contributed by atoms with Crippen molar-refractivity contribution in [3.05, 3.63) is 24.3 Å². The second-order valence-electron chi connectivity index (χ2n) is 4.76. The van der Waals surface area contributed by atoms with Gasteiger partial charge in [-0.25, -0.2) is 12.7 Å². The molecule has 0 spiro atoms. The number of aliphatic imine (C=N–C) groups is 1. The Morgan fingerprint density at radius 2 is 2.05 bits per heavy atom. The van der Waals surface area contributed by atoms with Crippen molar-refractivity contribution in [1.29, 1.82) is 0 Å². The standard InChI is InChI=1S/C13H18N4O3S2/c1-17(2)22(19,20)11-5-3-10(4-6-11)16-12(18)9-21-13-14-7-8-15-13/h3-6H,7-9H2,1-2H3,(H,14,15)(H,16,18).